The fourth-order valence-corrected chi connectivity index (χ4v) is 6.40. The Morgan fingerprint density at radius 1 is 0.654 bits per heavy atom. The van der Waals surface area contributed by atoms with E-state index >= 15 is 0 Å². The Morgan fingerprint density at radius 3 is 2.17 bits per heavy atom. The number of fused-ring (bicyclic) bond motifs is 3. The molecule has 0 saturated heterocycles. The van der Waals surface area contributed by atoms with Gasteiger partial charge in [-0.3, -0.25) is 14.1 Å². The first-order chi connectivity index (χ1) is 24.5. The summed E-state index contributed by atoms with van der Waals surface area (Å²) in [5.74, 6) is 2.52. The van der Waals surface area contributed by atoms with Crippen molar-refractivity contribution in [3.63, 3.8) is 0 Å². The van der Waals surface area contributed by atoms with Gasteiger partial charge in [0.15, 0.2) is 0 Å². The van der Waals surface area contributed by atoms with Gasteiger partial charge in [0.25, 0.3) is 6.33 Å². The molecule has 0 aliphatic carbocycles. The van der Waals surface area contributed by atoms with Crippen molar-refractivity contribution < 1.29 is 30.4 Å². The molecule has 0 unspecified atom stereocenters. The predicted molar refractivity (Wildman–Crippen MR) is 203 cm³/mol. The van der Waals surface area contributed by atoms with Gasteiger partial charge < -0.3 is 9.30 Å². The summed E-state index contributed by atoms with van der Waals surface area (Å²) in [6.45, 7) is 13.4. The SMILES string of the molecule is CC(C)(C)c1cc(-c2ccccc2)cc(-[n+]2[c-]n(-c3[c-]c(Oc4[c-]c5c(cc4)c4ccccc4n5-c4cc(C(C)(C)C)ccn4)ccn3)cc2)c1.[Pt]. The first kappa shape index (κ1) is 35.1. The van der Waals surface area contributed by atoms with E-state index in [4.69, 9.17) is 9.72 Å². The van der Waals surface area contributed by atoms with Crippen molar-refractivity contribution >= 4 is 21.8 Å². The molecule has 4 aromatic heterocycles. The molecule has 0 aliphatic rings. The number of nitrogens with zero attached hydrogens (tertiary/aromatic N) is 5. The molecule has 8 aromatic rings. The maximum Gasteiger partial charge on any atom is 0.268 e. The van der Waals surface area contributed by atoms with E-state index in [1.807, 2.05) is 45.9 Å². The Kier molecular flexibility index (Phi) is 9.22. The Labute approximate surface area is 319 Å². The quantitative estimate of drug-likeness (QED) is 0.124. The largest absolute Gasteiger partial charge is 0.522 e. The zero-order valence-electron chi connectivity index (χ0n) is 30.1. The molecule has 7 heteroatoms. The van der Waals surface area contributed by atoms with Crippen molar-refractivity contribution in [2.24, 2.45) is 0 Å². The molecule has 0 spiro atoms. The molecular weight excluding hydrogens is 822 g/mol. The Hall–Kier alpha value is -5.32. The van der Waals surface area contributed by atoms with Crippen molar-refractivity contribution in [3.05, 3.63) is 158 Å². The number of pyridine rings is 2. The number of imidazole rings is 1. The van der Waals surface area contributed by atoms with Gasteiger partial charge in [0, 0.05) is 50.9 Å². The summed E-state index contributed by atoms with van der Waals surface area (Å²) in [6, 6.07) is 42.6. The van der Waals surface area contributed by atoms with Gasteiger partial charge in [-0.2, -0.15) is 18.2 Å². The van der Waals surface area contributed by atoms with E-state index in [1.54, 1.807) is 6.20 Å². The third kappa shape index (κ3) is 6.83. The van der Waals surface area contributed by atoms with Crippen molar-refractivity contribution in [2.45, 2.75) is 52.4 Å². The van der Waals surface area contributed by atoms with Crippen molar-refractivity contribution in [2.75, 3.05) is 0 Å². The molecule has 4 aromatic carbocycles. The summed E-state index contributed by atoms with van der Waals surface area (Å²) in [7, 11) is 0. The average molecular weight is 861 g/mol. The summed E-state index contributed by atoms with van der Waals surface area (Å²) in [5.41, 5.74) is 7.75. The molecule has 0 atom stereocenters. The van der Waals surface area contributed by atoms with Crippen molar-refractivity contribution in [1.82, 2.24) is 19.1 Å². The van der Waals surface area contributed by atoms with E-state index in [-0.39, 0.29) is 31.9 Å². The van der Waals surface area contributed by atoms with Gasteiger partial charge in [-0.15, -0.1) is 17.5 Å². The molecule has 8 rings (SSSR count). The van der Waals surface area contributed by atoms with Gasteiger partial charge in [-0.1, -0.05) is 108 Å². The molecule has 0 saturated carbocycles. The van der Waals surface area contributed by atoms with Crippen LogP contribution in [0.1, 0.15) is 52.7 Å². The van der Waals surface area contributed by atoms with Gasteiger partial charge in [-0.05, 0) is 74.6 Å². The molecule has 0 radical (unpaired) electrons. The maximum absolute atomic E-state index is 6.40. The van der Waals surface area contributed by atoms with Gasteiger partial charge in [0.1, 0.15) is 5.82 Å². The maximum atomic E-state index is 6.40. The van der Waals surface area contributed by atoms with Crippen LogP contribution in [-0.2, 0) is 31.9 Å². The van der Waals surface area contributed by atoms with Crippen LogP contribution in [-0.4, -0.2) is 19.1 Å². The van der Waals surface area contributed by atoms with Crippen LogP contribution >= 0.6 is 0 Å². The van der Waals surface area contributed by atoms with Crippen LogP contribution < -0.4 is 9.30 Å². The average Bonchev–Trinajstić information content (AvgIpc) is 3.75. The summed E-state index contributed by atoms with van der Waals surface area (Å²) in [4.78, 5) is 9.40. The third-order valence-electron chi connectivity index (χ3n) is 9.25. The first-order valence-corrected chi connectivity index (χ1v) is 17.2. The number of hydrogen-bond donors (Lipinski definition) is 0. The molecule has 6 nitrogen and oxygen atoms in total. The van der Waals surface area contributed by atoms with Gasteiger partial charge >= 0.3 is 0 Å². The number of ether oxygens (including phenoxy) is 1. The second-order valence-corrected chi connectivity index (χ2v) is 15.0. The van der Waals surface area contributed by atoms with Crippen LogP contribution in [0.2, 0.25) is 0 Å². The zero-order chi connectivity index (χ0) is 35.3. The normalized spacial score (nSPS) is 11.9. The predicted octanol–water partition coefficient (Wildman–Crippen LogP) is 10.1. The second kappa shape index (κ2) is 13.7. The monoisotopic (exact) mass is 860 g/mol. The Morgan fingerprint density at radius 2 is 1.38 bits per heavy atom. The number of aromatic nitrogens is 5. The summed E-state index contributed by atoms with van der Waals surface area (Å²) in [6.07, 6.45) is 11.0. The van der Waals surface area contributed by atoms with E-state index in [0.29, 0.717) is 17.3 Å². The van der Waals surface area contributed by atoms with Crippen LogP contribution in [0.15, 0.2) is 128 Å². The van der Waals surface area contributed by atoms with E-state index in [9.17, 15) is 0 Å². The minimum atomic E-state index is -0.0228. The smallest absolute Gasteiger partial charge is 0.268 e. The van der Waals surface area contributed by atoms with Crippen LogP contribution in [0.4, 0.5) is 0 Å². The van der Waals surface area contributed by atoms with Crippen LogP contribution in [0, 0.1) is 18.5 Å². The molecule has 0 fully saturated rings. The Balaban J connectivity index is 0.00000420. The van der Waals surface area contributed by atoms with Crippen molar-refractivity contribution in [3.8, 4) is 39.9 Å². The van der Waals surface area contributed by atoms with Gasteiger partial charge in [0.05, 0.1) is 11.5 Å². The van der Waals surface area contributed by atoms with Gasteiger partial charge in [0.2, 0.25) is 0 Å². The molecule has 0 amide bonds. The van der Waals surface area contributed by atoms with E-state index < -0.39 is 0 Å². The van der Waals surface area contributed by atoms with E-state index in [1.165, 1.54) is 16.7 Å². The van der Waals surface area contributed by atoms with Crippen LogP contribution in [0.25, 0.3) is 50.3 Å². The topological polar surface area (TPSA) is 48.8 Å². The first-order valence-electron chi connectivity index (χ1n) is 17.2. The minimum absolute atomic E-state index is 0. The number of benzene rings is 4. The van der Waals surface area contributed by atoms with Crippen LogP contribution in [0.3, 0.4) is 0 Å². The molecule has 0 N–H and O–H groups in total. The molecule has 262 valence electrons. The van der Waals surface area contributed by atoms with Crippen LogP contribution in [0.5, 0.6) is 11.5 Å². The summed E-state index contributed by atoms with van der Waals surface area (Å²) < 4.78 is 12.4. The zero-order valence-corrected chi connectivity index (χ0v) is 32.4. The Bertz CT molecular complexity index is 2540. The van der Waals surface area contributed by atoms with E-state index in [2.05, 4.69) is 154 Å². The minimum Gasteiger partial charge on any atom is -0.522 e. The fraction of sp³-hybridized carbons (Fsp3) is 0.178. The number of hydrogen-bond acceptors (Lipinski definition) is 3. The summed E-state index contributed by atoms with van der Waals surface area (Å²) in [5, 5.41) is 2.22. The number of para-hydroxylation sites is 1. The third-order valence-corrected chi connectivity index (χ3v) is 9.25. The number of rotatable bonds is 6. The molecule has 0 bridgehead atoms. The standard InChI is InChI=1S/C45H39N5O.Pt/c1-44(2,3)33-18-20-47-43(27-33)50-40-15-11-10-14-38(40)39-17-16-36(28-41(39)50)51-37-19-21-46-42(29-37)49-23-22-48(30-49)35-25-32(31-12-8-7-9-13-31)24-34(26-35)45(4,5)6;/h7-27H,1-6H3;/q-2;. The molecule has 4 heterocycles. The molecular formula is C45H39N5OPt-2. The molecule has 0 aliphatic heterocycles. The van der Waals surface area contributed by atoms with E-state index in [0.717, 1.165) is 38.9 Å². The van der Waals surface area contributed by atoms with Crippen molar-refractivity contribution in [1.29, 1.82) is 0 Å². The molecule has 52 heavy (non-hydrogen) atoms. The van der Waals surface area contributed by atoms with Gasteiger partial charge in [-0.25, -0.2) is 4.98 Å². The second-order valence-electron chi connectivity index (χ2n) is 15.0. The fourth-order valence-electron chi connectivity index (χ4n) is 6.40. The summed E-state index contributed by atoms with van der Waals surface area (Å²) >= 11 is 0.